The van der Waals surface area contributed by atoms with Crippen LogP contribution in [0.2, 0.25) is 0 Å². The van der Waals surface area contributed by atoms with E-state index in [1.54, 1.807) is 0 Å². The second-order valence-electron chi connectivity index (χ2n) is 7.85. The molecule has 2 atom stereocenters. The van der Waals surface area contributed by atoms with E-state index in [1.807, 2.05) is 32.0 Å². The molecule has 0 saturated heterocycles. The van der Waals surface area contributed by atoms with Crippen molar-refractivity contribution in [3.8, 4) is 0 Å². The summed E-state index contributed by atoms with van der Waals surface area (Å²) in [6.07, 6.45) is 2.18. The summed E-state index contributed by atoms with van der Waals surface area (Å²) in [5.74, 6) is 0.353. The van der Waals surface area contributed by atoms with Gasteiger partial charge in [0, 0.05) is 6.42 Å². The normalized spacial score (nSPS) is 29.0. The topological polar surface area (TPSA) is 63.2 Å². The number of carbonyl (C=O) groups is 1. The van der Waals surface area contributed by atoms with Crippen molar-refractivity contribution in [2.75, 3.05) is 10.5 Å². The van der Waals surface area contributed by atoms with Crippen LogP contribution in [0.4, 0.5) is 5.69 Å². The fraction of sp³-hybridized carbons (Fsp3) is 0.611. The molecule has 23 heavy (non-hydrogen) atoms. The van der Waals surface area contributed by atoms with Crippen LogP contribution in [-0.2, 0) is 14.8 Å². The van der Waals surface area contributed by atoms with Crippen molar-refractivity contribution in [3.05, 3.63) is 29.3 Å². The molecule has 5 heteroatoms. The quantitative estimate of drug-likeness (QED) is 0.917. The lowest BCUT2D eigenvalue weighted by molar-refractivity contribution is -0.128. The smallest absolute Gasteiger partial charge is 0.233 e. The first-order valence-electron chi connectivity index (χ1n) is 8.18. The molecule has 1 aromatic rings. The highest BCUT2D eigenvalue weighted by atomic mass is 32.2. The number of benzene rings is 1. The summed E-state index contributed by atoms with van der Waals surface area (Å²) >= 11 is 0. The molecule has 1 aromatic carbocycles. The molecule has 2 aliphatic rings. The number of sulfonamides is 1. The molecule has 0 heterocycles. The minimum Gasteiger partial charge on any atom is -0.299 e. The highest BCUT2D eigenvalue weighted by Gasteiger charge is 2.65. The van der Waals surface area contributed by atoms with Crippen molar-refractivity contribution >= 4 is 21.5 Å². The Morgan fingerprint density at radius 3 is 2.52 bits per heavy atom. The number of Topliss-reactive ketones (excluding diaryl/α,β-unsaturated/α-hetero) is 1. The number of rotatable bonds is 4. The summed E-state index contributed by atoms with van der Waals surface area (Å²) in [4.78, 5) is 12.5. The van der Waals surface area contributed by atoms with E-state index in [4.69, 9.17) is 0 Å². The van der Waals surface area contributed by atoms with E-state index in [0.717, 1.165) is 17.5 Å². The summed E-state index contributed by atoms with van der Waals surface area (Å²) in [6.45, 7) is 7.93. The van der Waals surface area contributed by atoms with Gasteiger partial charge in [0.1, 0.15) is 5.78 Å². The predicted molar refractivity (Wildman–Crippen MR) is 91.9 cm³/mol. The maximum atomic E-state index is 12.8. The molecule has 1 N–H and O–H groups in total. The van der Waals surface area contributed by atoms with Gasteiger partial charge in [0.2, 0.25) is 10.0 Å². The maximum Gasteiger partial charge on any atom is 0.233 e. The molecule has 0 radical (unpaired) electrons. The summed E-state index contributed by atoms with van der Waals surface area (Å²) in [5, 5.41) is 0. The third-order valence-electron chi connectivity index (χ3n) is 6.23. The van der Waals surface area contributed by atoms with Crippen LogP contribution in [0.25, 0.3) is 0 Å². The van der Waals surface area contributed by atoms with E-state index in [2.05, 4.69) is 18.6 Å². The lowest BCUT2D eigenvalue weighted by Gasteiger charge is -2.36. The Hall–Kier alpha value is -1.36. The van der Waals surface area contributed by atoms with Crippen molar-refractivity contribution < 1.29 is 13.2 Å². The highest BCUT2D eigenvalue weighted by molar-refractivity contribution is 7.92. The average Bonchev–Trinajstić information content (AvgIpc) is 2.76. The fourth-order valence-electron chi connectivity index (χ4n) is 4.48. The third kappa shape index (κ3) is 2.49. The van der Waals surface area contributed by atoms with Gasteiger partial charge in [0.15, 0.2) is 0 Å². The first kappa shape index (κ1) is 16.5. The Morgan fingerprint density at radius 2 is 1.96 bits per heavy atom. The van der Waals surface area contributed by atoms with E-state index in [-0.39, 0.29) is 17.0 Å². The zero-order chi connectivity index (χ0) is 17.0. The number of carbonyl (C=O) groups excluding carboxylic acids is 1. The van der Waals surface area contributed by atoms with Gasteiger partial charge in [0.05, 0.1) is 16.9 Å². The number of ketones is 1. The van der Waals surface area contributed by atoms with Gasteiger partial charge in [-0.3, -0.25) is 9.52 Å². The molecule has 2 aliphatic carbocycles. The second kappa shape index (κ2) is 5.07. The number of hydrogen-bond donors (Lipinski definition) is 1. The number of aryl methyl sites for hydroxylation is 2. The van der Waals surface area contributed by atoms with Gasteiger partial charge < -0.3 is 0 Å². The zero-order valence-corrected chi connectivity index (χ0v) is 15.1. The molecule has 3 rings (SSSR count). The fourth-order valence-corrected chi connectivity index (χ4v) is 6.44. The molecule has 0 spiro atoms. The summed E-state index contributed by atoms with van der Waals surface area (Å²) < 4.78 is 28.3. The maximum absolute atomic E-state index is 12.8. The molecule has 2 saturated carbocycles. The Kier molecular flexibility index (Phi) is 3.63. The monoisotopic (exact) mass is 335 g/mol. The summed E-state index contributed by atoms with van der Waals surface area (Å²) in [7, 11) is -3.58. The molecular weight excluding hydrogens is 310 g/mol. The third-order valence-corrected chi connectivity index (χ3v) is 7.64. The number of anilines is 1. The van der Waals surface area contributed by atoms with Crippen LogP contribution >= 0.6 is 0 Å². The van der Waals surface area contributed by atoms with Crippen LogP contribution in [0.15, 0.2) is 18.2 Å². The lowest BCUT2D eigenvalue weighted by Crippen LogP contribution is -2.43. The molecule has 0 aliphatic heterocycles. The Bertz CT molecular complexity index is 766. The molecule has 126 valence electrons. The molecule has 0 amide bonds. The Balaban J connectivity index is 1.90. The van der Waals surface area contributed by atoms with Gasteiger partial charge in [-0.15, -0.1) is 0 Å². The number of nitrogens with one attached hydrogen (secondary N) is 1. The SMILES string of the molecule is Cc1ccc(C)c(NS(=O)(=O)CC23CCC(CC2=O)C3(C)C)c1. The van der Waals surface area contributed by atoms with Crippen LogP contribution in [0.1, 0.15) is 44.2 Å². The summed E-state index contributed by atoms with van der Waals surface area (Å²) in [5.41, 5.74) is 1.55. The molecule has 2 fully saturated rings. The lowest BCUT2D eigenvalue weighted by atomic mass is 9.70. The number of fused-ring (bicyclic) bond motifs is 2. The average molecular weight is 335 g/mol. The first-order chi connectivity index (χ1) is 10.6. The van der Waals surface area contributed by atoms with Crippen molar-refractivity contribution in [1.82, 2.24) is 0 Å². The van der Waals surface area contributed by atoms with Crippen molar-refractivity contribution in [2.45, 2.75) is 47.0 Å². The van der Waals surface area contributed by atoms with Crippen molar-refractivity contribution in [2.24, 2.45) is 16.7 Å². The van der Waals surface area contributed by atoms with Crippen LogP contribution in [0.5, 0.6) is 0 Å². The minimum atomic E-state index is -3.58. The highest BCUT2D eigenvalue weighted by Crippen LogP contribution is 2.64. The van der Waals surface area contributed by atoms with Gasteiger partial charge in [-0.1, -0.05) is 26.0 Å². The van der Waals surface area contributed by atoms with Crippen LogP contribution < -0.4 is 4.72 Å². The standard InChI is InChI=1S/C18H25NO3S/c1-12-5-6-13(2)15(9-12)19-23(21,22)11-18-8-7-14(10-16(18)20)17(18,3)4/h5-6,9,14,19H,7-8,10-11H2,1-4H3. The van der Waals surface area contributed by atoms with E-state index in [0.29, 0.717) is 24.4 Å². The first-order valence-corrected chi connectivity index (χ1v) is 9.84. The van der Waals surface area contributed by atoms with E-state index >= 15 is 0 Å². The molecular formula is C18H25NO3S. The van der Waals surface area contributed by atoms with Crippen molar-refractivity contribution in [3.63, 3.8) is 0 Å². The van der Waals surface area contributed by atoms with Gasteiger partial charge in [-0.25, -0.2) is 8.42 Å². The van der Waals surface area contributed by atoms with Gasteiger partial charge >= 0.3 is 0 Å². The Morgan fingerprint density at radius 1 is 1.26 bits per heavy atom. The molecule has 2 bridgehead atoms. The zero-order valence-electron chi connectivity index (χ0n) is 14.3. The molecule has 2 unspecified atom stereocenters. The van der Waals surface area contributed by atoms with Gasteiger partial charge in [-0.2, -0.15) is 0 Å². The van der Waals surface area contributed by atoms with E-state index < -0.39 is 15.4 Å². The number of hydrogen-bond acceptors (Lipinski definition) is 3. The predicted octanol–water partition coefficient (Wildman–Crippen LogP) is 3.44. The van der Waals surface area contributed by atoms with Crippen LogP contribution in [0, 0.1) is 30.6 Å². The van der Waals surface area contributed by atoms with E-state index in [1.165, 1.54) is 0 Å². The van der Waals surface area contributed by atoms with Crippen LogP contribution in [0.3, 0.4) is 0 Å². The van der Waals surface area contributed by atoms with Crippen LogP contribution in [-0.4, -0.2) is 20.0 Å². The van der Waals surface area contributed by atoms with E-state index in [9.17, 15) is 13.2 Å². The minimum absolute atomic E-state index is 0.101. The molecule has 0 aromatic heterocycles. The van der Waals surface area contributed by atoms with Gasteiger partial charge in [-0.05, 0) is 55.2 Å². The second-order valence-corrected chi connectivity index (χ2v) is 9.57. The largest absolute Gasteiger partial charge is 0.299 e. The Labute approximate surface area is 138 Å². The van der Waals surface area contributed by atoms with Gasteiger partial charge in [0.25, 0.3) is 0 Å². The van der Waals surface area contributed by atoms with Crippen molar-refractivity contribution in [1.29, 1.82) is 0 Å². The summed E-state index contributed by atoms with van der Waals surface area (Å²) in [6, 6.07) is 5.70. The molecule has 4 nitrogen and oxygen atoms in total.